The van der Waals surface area contributed by atoms with Crippen molar-refractivity contribution in [1.82, 2.24) is 5.32 Å². The number of carbonyl (C=O) groups is 3. The minimum absolute atomic E-state index is 0.142. The van der Waals surface area contributed by atoms with Crippen LogP contribution in [0.2, 0.25) is 0 Å². The maximum Gasteiger partial charge on any atom is 0.310 e. The number of amides is 2. The van der Waals surface area contributed by atoms with Crippen molar-refractivity contribution >= 4 is 34.8 Å². The number of esters is 1. The van der Waals surface area contributed by atoms with E-state index in [4.69, 9.17) is 4.74 Å². The normalized spacial score (nSPS) is 10.0. The molecule has 0 atom stereocenters. The third-order valence-corrected chi connectivity index (χ3v) is 3.77. The Bertz CT molecular complexity index is 713. The number of rotatable bonds is 7. The van der Waals surface area contributed by atoms with Crippen molar-refractivity contribution < 1.29 is 19.1 Å². The Kier molecular flexibility index (Phi) is 6.51. The molecule has 2 rings (SSSR count). The predicted octanol–water partition coefficient (Wildman–Crippen LogP) is 2.22. The zero-order valence-corrected chi connectivity index (χ0v) is 14.0. The molecule has 1 aromatic carbocycles. The van der Waals surface area contributed by atoms with Gasteiger partial charge in [0.25, 0.3) is 11.8 Å². The van der Waals surface area contributed by atoms with Gasteiger partial charge in [0.2, 0.25) is 0 Å². The van der Waals surface area contributed by atoms with E-state index in [-0.39, 0.29) is 18.9 Å². The van der Waals surface area contributed by atoms with E-state index in [1.165, 1.54) is 11.3 Å². The number of hydrogen-bond acceptors (Lipinski definition) is 5. The number of anilines is 1. The van der Waals surface area contributed by atoms with Gasteiger partial charge in [0.1, 0.15) is 0 Å². The van der Waals surface area contributed by atoms with Crippen molar-refractivity contribution in [3.05, 3.63) is 52.2 Å². The highest BCUT2D eigenvalue weighted by atomic mass is 32.1. The molecule has 126 valence electrons. The number of hydrogen-bond donors (Lipinski definition) is 2. The van der Waals surface area contributed by atoms with E-state index in [2.05, 4.69) is 10.6 Å². The van der Waals surface area contributed by atoms with Gasteiger partial charge in [-0.05, 0) is 47.5 Å². The quantitative estimate of drug-likeness (QED) is 0.753. The molecule has 1 heterocycles. The maximum absolute atomic E-state index is 11.8. The molecule has 0 radical (unpaired) electrons. The van der Waals surface area contributed by atoms with Crippen LogP contribution < -0.4 is 10.6 Å². The summed E-state index contributed by atoms with van der Waals surface area (Å²) >= 11 is 1.50. The SMILES string of the molecule is CCNC(=O)c1cccc(NC(=O)COC(=O)Cc2ccsc2)c1. The monoisotopic (exact) mass is 346 g/mol. The molecule has 24 heavy (non-hydrogen) atoms. The highest BCUT2D eigenvalue weighted by molar-refractivity contribution is 7.07. The zero-order valence-electron chi connectivity index (χ0n) is 13.2. The van der Waals surface area contributed by atoms with Crippen LogP contribution in [0.4, 0.5) is 5.69 Å². The first-order valence-electron chi connectivity index (χ1n) is 7.43. The van der Waals surface area contributed by atoms with Gasteiger partial charge in [-0.25, -0.2) is 0 Å². The van der Waals surface area contributed by atoms with Crippen LogP contribution in [0.15, 0.2) is 41.1 Å². The first-order valence-corrected chi connectivity index (χ1v) is 8.37. The maximum atomic E-state index is 11.8. The molecular weight excluding hydrogens is 328 g/mol. The molecule has 7 heteroatoms. The Labute approximate surface area is 143 Å². The average Bonchev–Trinajstić information content (AvgIpc) is 3.06. The van der Waals surface area contributed by atoms with Crippen molar-refractivity contribution in [2.24, 2.45) is 0 Å². The minimum Gasteiger partial charge on any atom is -0.455 e. The summed E-state index contributed by atoms with van der Waals surface area (Å²) in [4.78, 5) is 35.2. The van der Waals surface area contributed by atoms with Gasteiger partial charge in [-0.3, -0.25) is 14.4 Å². The van der Waals surface area contributed by atoms with Crippen LogP contribution in [-0.4, -0.2) is 30.9 Å². The van der Waals surface area contributed by atoms with Gasteiger partial charge in [-0.2, -0.15) is 11.3 Å². The predicted molar refractivity (Wildman–Crippen MR) is 92.1 cm³/mol. The van der Waals surface area contributed by atoms with Gasteiger partial charge < -0.3 is 15.4 Å². The van der Waals surface area contributed by atoms with E-state index < -0.39 is 11.9 Å². The third-order valence-electron chi connectivity index (χ3n) is 3.04. The summed E-state index contributed by atoms with van der Waals surface area (Å²) in [5.41, 5.74) is 1.78. The summed E-state index contributed by atoms with van der Waals surface area (Å²) in [6, 6.07) is 8.38. The van der Waals surface area contributed by atoms with Crippen LogP contribution in [0.3, 0.4) is 0 Å². The Balaban J connectivity index is 1.82. The van der Waals surface area contributed by atoms with Crippen LogP contribution >= 0.6 is 11.3 Å². The Morgan fingerprint density at radius 1 is 1.21 bits per heavy atom. The minimum atomic E-state index is -0.459. The number of carbonyl (C=O) groups excluding carboxylic acids is 3. The fourth-order valence-corrected chi connectivity index (χ4v) is 2.62. The van der Waals surface area contributed by atoms with E-state index >= 15 is 0 Å². The summed E-state index contributed by atoms with van der Waals surface area (Å²) in [6.07, 6.45) is 0.142. The summed E-state index contributed by atoms with van der Waals surface area (Å²) in [5.74, 6) is -1.13. The standard InChI is InChI=1S/C17H18N2O4S/c1-2-18-17(22)13-4-3-5-14(9-13)19-15(20)10-23-16(21)8-12-6-7-24-11-12/h3-7,9,11H,2,8,10H2,1H3,(H,18,22)(H,19,20). The van der Waals surface area contributed by atoms with Gasteiger partial charge in [0.05, 0.1) is 6.42 Å². The van der Waals surface area contributed by atoms with Crippen molar-refractivity contribution in [2.45, 2.75) is 13.3 Å². The van der Waals surface area contributed by atoms with E-state index in [0.29, 0.717) is 17.8 Å². The lowest BCUT2D eigenvalue weighted by atomic mass is 10.2. The Morgan fingerprint density at radius 2 is 2.04 bits per heavy atom. The Hall–Kier alpha value is -2.67. The smallest absolute Gasteiger partial charge is 0.310 e. The lowest BCUT2D eigenvalue weighted by Crippen LogP contribution is -2.23. The molecule has 6 nitrogen and oxygen atoms in total. The summed E-state index contributed by atoms with van der Waals surface area (Å²) in [5, 5.41) is 9.01. The highest BCUT2D eigenvalue weighted by Crippen LogP contribution is 2.11. The number of benzene rings is 1. The van der Waals surface area contributed by atoms with Crippen LogP contribution in [0.1, 0.15) is 22.8 Å². The van der Waals surface area contributed by atoms with Crippen LogP contribution in [0.25, 0.3) is 0 Å². The summed E-state index contributed by atoms with van der Waals surface area (Å²) in [6.45, 7) is 1.98. The van der Waals surface area contributed by atoms with Crippen LogP contribution in [-0.2, 0) is 20.7 Å². The molecule has 2 aromatic rings. The molecule has 0 aliphatic carbocycles. The first kappa shape index (κ1) is 17.7. The summed E-state index contributed by atoms with van der Waals surface area (Å²) < 4.78 is 4.94. The molecule has 0 aliphatic rings. The van der Waals surface area contributed by atoms with Crippen molar-refractivity contribution in [3.63, 3.8) is 0 Å². The van der Waals surface area contributed by atoms with Gasteiger partial charge in [0.15, 0.2) is 6.61 Å². The van der Waals surface area contributed by atoms with Crippen molar-refractivity contribution in [1.29, 1.82) is 0 Å². The topological polar surface area (TPSA) is 84.5 Å². The average molecular weight is 346 g/mol. The lowest BCUT2D eigenvalue weighted by molar-refractivity contribution is -0.146. The summed E-state index contributed by atoms with van der Waals surface area (Å²) in [7, 11) is 0. The van der Waals surface area contributed by atoms with E-state index in [0.717, 1.165) is 5.56 Å². The molecule has 2 N–H and O–H groups in total. The van der Waals surface area contributed by atoms with Crippen LogP contribution in [0.5, 0.6) is 0 Å². The number of nitrogens with one attached hydrogen (secondary N) is 2. The van der Waals surface area contributed by atoms with Gasteiger partial charge in [-0.15, -0.1) is 0 Å². The van der Waals surface area contributed by atoms with E-state index in [1.54, 1.807) is 24.3 Å². The molecule has 2 amide bonds. The molecule has 0 aliphatic heterocycles. The fourth-order valence-electron chi connectivity index (χ4n) is 1.95. The Morgan fingerprint density at radius 3 is 2.75 bits per heavy atom. The zero-order chi connectivity index (χ0) is 17.4. The highest BCUT2D eigenvalue weighted by Gasteiger charge is 2.10. The second-order valence-electron chi connectivity index (χ2n) is 4.96. The van der Waals surface area contributed by atoms with Crippen molar-refractivity contribution in [2.75, 3.05) is 18.5 Å². The van der Waals surface area contributed by atoms with Crippen LogP contribution in [0, 0.1) is 0 Å². The van der Waals surface area contributed by atoms with Gasteiger partial charge >= 0.3 is 5.97 Å². The molecule has 0 spiro atoms. The first-order chi connectivity index (χ1) is 11.6. The van der Waals surface area contributed by atoms with Gasteiger partial charge in [-0.1, -0.05) is 6.07 Å². The molecular formula is C17H18N2O4S. The molecule has 0 fully saturated rings. The number of thiophene rings is 1. The fraction of sp³-hybridized carbons (Fsp3) is 0.235. The lowest BCUT2D eigenvalue weighted by Gasteiger charge is -2.08. The molecule has 0 saturated heterocycles. The molecule has 0 saturated carbocycles. The largest absolute Gasteiger partial charge is 0.455 e. The van der Waals surface area contributed by atoms with Gasteiger partial charge in [0, 0.05) is 17.8 Å². The van der Waals surface area contributed by atoms with E-state index in [1.807, 2.05) is 23.8 Å². The number of ether oxygens (including phenoxy) is 1. The van der Waals surface area contributed by atoms with E-state index in [9.17, 15) is 14.4 Å². The second-order valence-corrected chi connectivity index (χ2v) is 5.74. The third kappa shape index (κ3) is 5.51. The van der Waals surface area contributed by atoms with Crippen molar-refractivity contribution in [3.8, 4) is 0 Å². The molecule has 0 bridgehead atoms. The molecule has 0 unspecified atom stereocenters. The second kappa shape index (κ2) is 8.83. The molecule has 1 aromatic heterocycles.